The van der Waals surface area contributed by atoms with Gasteiger partial charge >= 0.3 is 0 Å². The van der Waals surface area contributed by atoms with Crippen molar-refractivity contribution in [1.29, 1.82) is 0 Å². The summed E-state index contributed by atoms with van der Waals surface area (Å²) in [4.78, 5) is 20.8. The molecule has 2 aromatic carbocycles. The number of benzene rings is 2. The van der Waals surface area contributed by atoms with Gasteiger partial charge in [0.05, 0.1) is 5.56 Å². The molecule has 0 aliphatic carbocycles. The summed E-state index contributed by atoms with van der Waals surface area (Å²) in [6.45, 7) is 2.62. The van der Waals surface area contributed by atoms with Crippen LogP contribution in [0, 0.1) is 6.92 Å². The topological polar surface area (TPSA) is 66.9 Å². The zero-order valence-corrected chi connectivity index (χ0v) is 15.8. The molecule has 6 heteroatoms. The summed E-state index contributed by atoms with van der Waals surface area (Å²) in [6, 6.07) is 15.7. The van der Waals surface area contributed by atoms with Crippen LogP contribution in [0.3, 0.4) is 0 Å². The first-order valence-electron chi connectivity index (χ1n) is 8.80. The predicted molar refractivity (Wildman–Crippen MR) is 109 cm³/mol. The number of halogens is 1. The van der Waals surface area contributed by atoms with E-state index in [9.17, 15) is 4.79 Å². The third kappa shape index (κ3) is 5.28. The van der Waals surface area contributed by atoms with Crippen LogP contribution in [0.4, 0.5) is 11.6 Å². The third-order valence-electron chi connectivity index (χ3n) is 4.20. The van der Waals surface area contributed by atoms with Crippen molar-refractivity contribution in [2.45, 2.75) is 19.8 Å². The predicted octanol–water partition coefficient (Wildman–Crippen LogP) is 4.74. The van der Waals surface area contributed by atoms with Crippen LogP contribution in [0.1, 0.15) is 27.9 Å². The molecule has 5 nitrogen and oxygen atoms in total. The highest BCUT2D eigenvalue weighted by Crippen LogP contribution is 2.23. The molecule has 0 saturated carbocycles. The molecule has 3 rings (SSSR count). The molecule has 138 valence electrons. The van der Waals surface area contributed by atoms with Gasteiger partial charge in [0.1, 0.15) is 0 Å². The van der Waals surface area contributed by atoms with E-state index in [4.69, 9.17) is 11.6 Å². The minimum absolute atomic E-state index is 0.268. The molecule has 0 atom stereocenters. The maximum absolute atomic E-state index is 12.4. The van der Waals surface area contributed by atoms with E-state index in [1.807, 2.05) is 31.2 Å². The summed E-state index contributed by atoms with van der Waals surface area (Å²) >= 11 is 6.08. The number of aryl methyl sites for hydroxylation is 1. The van der Waals surface area contributed by atoms with Gasteiger partial charge in [-0.15, -0.1) is 0 Å². The number of rotatable bonds is 7. The molecule has 0 fully saturated rings. The first-order valence-corrected chi connectivity index (χ1v) is 9.17. The number of amides is 1. The number of aromatic nitrogens is 2. The molecule has 2 N–H and O–H groups in total. The van der Waals surface area contributed by atoms with E-state index < -0.39 is 0 Å². The third-order valence-corrected chi connectivity index (χ3v) is 4.61. The van der Waals surface area contributed by atoms with E-state index in [-0.39, 0.29) is 5.91 Å². The van der Waals surface area contributed by atoms with Gasteiger partial charge in [-0.25, -0.2) is 9.97 Å². The highest BCUT2D eigenvalue weighted by molar-refractivity contribution is 6.31. The maximum atomic E-state index is 12.4. The Labute approximate surface area is 163 Å². The molecule has 0 unspecified atom stereocenters. The highest BCUT2D eigenvalue weighted by atomic mass is 35.5. The van der Waals surface area contributed by atoms with Crippen molar-refractivity contribution in [3.8, 4) is 0 Å². The Balaban J connectivity index is 1.50. The lowest BCUT2D eigenvalue weighted by Gasteiger charge is -2.09. The maximum Gasteiger partial charge on any atom is 0.258 e. The molecule has 0 saturated heterocycles. The van der Waals surface area contributed by atoms with Crippen molar-refractivity contribution in [2.75, 3.05) is 17.2 Å². The molecule has 1 heterocycles. The summed E-state index contributed by atoms with van der Waals surface area (Å²) in [5, 5.41) is 6.62. The van der Waals surface area contributed by atoms with Gasteiger partial charge in [0.15, 0.2) is 0 Å². The molecule has 0 aliphatic heterocycles. The van der Waals surface area contributed by atoms with Crippen molar-refractivity contribution >= 4 is 29.1 Å². The average molecular weight is 381 g/mol. The molecule has 1 amide bonds. The molecule has 0 aliphatic rings. The number of nitrogens with one attached hydrogen (secondary N) is 2. The van der Waals surface area contributed by atoms with Crippen LogP contribution in [0.25, 0.3) is 0 Å². The monoisotopic (exact) mass is 380 g/mol. The lowest BCUT2D eigenvalue weighted by molar-refractivity contribution is 0.102. The van der Waals surface area contributed by atoms with Crippen LogP contribution >= 0.6 is 11.6 Å². The van der Waals surface area contributed by atoms with Crippen LogP contribution in [-0.4, -0.2) is 22.4 Å². The van der Waals surface area contributed by atoms with Gasteiger partial charge < -0.3 is 10.6 Å². The van der Waals surface area contributed by atoms with Crippen molar-refractivity contribution < 1.29 is 4.79 Å². The fraction of sp³-hybridized carbons (Fsp3) is 0.190. The Bertz CT molecular complexity index is 898. The summed E-state index contributed by atoms with van der Waals surface area (Å²) in [5.41, 5.74) is 3.20. The lowest BCUT2D eigenvalue weighted by Crippen LogP contribution is -2.14. The molecule has 1 aromatic heterocycles. The second-order valence-corrected chi connectivity index (χ2v) is 6.58. The van der Waals surface area contributed by atoms with Crippen LogP contribution in [0.15, 0.2) is 60.9 Å². The van der Waals surface area contributed by atoms with Gasteiger partial charge in [-0.1, -0.05) is 48.0 Å². The Kier molecular flexibility index (Phi) is 6.39. The van der Waals surface area contributed by atoms with E-state index in [1.54, 1.807) is 12.1 Å². The van der Waals surface area contributed by atoms with E-state index in [0.717, 1.165) is 24.9 Å². The van der Waals surface area contributed by atoms with Crippen LogP contribution in [-0.2, 0) is 6.42 Å². The molecule has 0 spiro atoms. The number of carbonyl (C=O) groups excluding carboxylic acids is 1. The Hall–Kier alpha value is -2.92. The van der Waals surface area contributed by atoms with Crippen molar-refractivity contribution in [3.63, 3.8) is 0 Å². The van der Waals surface area contributed by atoms with Gasteiger partial charge in [0.25, 0.3) is 5.91 Å². The van der Waals surface area contributed by atoms with E-state index in [2.05, 4.69) is 32.7 Å². The number of hydrogen-bond donors (Lipinski definition) is 2. The smallest absolute Gasteiger partial charge is 0.258 e. The number of hydrogen-bond acceptors (Lipinski definition) is 4. The molecule has 3 aromatic rings. The standard InChI is InChI=1S/C21H21ClN4O/c1-15-18(22)10-5-11-19(15)26-20(27)17-13-24-21(25-14-17)23-12-6-9-16-7-3-2-4-8-16/h2-5,7-8,10-11,13-14H,6,9,12H2,1H3,(H,26,27)(H,23,24,25). The Morgan fingerprint density at radius 3 is 2.52 bits per heavy atom. The SMILES string of the molecule is Cc1c(Cl)cccc1NC(=O)c1cnc(NCCCc2ccccc2)nc1. The first-order chi connectivity index (χ1) is 13.1. The van der Waals surface area contributed by atoms with E-state index in [1.165, 1.54) is 18.0 Å². The fourth-order valence-corrected chi connectivity index (χ4v) is 2.79. The molecule has 0 radical (unpaired) electrons. The van der Waals surface area contributed by atoms with Crippen LogP contribution in [0.5, 0.6) is 0 Å². The van der Waals surface area contributed by atoms with Gasteiger partial charge in [-0.3, -0.25) is 4.79 Å². The van der Waals surface area contributed by atoms with Gasteiger partial charge in [-0.05, 0) is 43.0 Å². The minimum Gasteiger partial charge on any atom is -0.354 e. The summed E-state index contributed by atoms with van der Waals surface area (Å²) in [6.07, 6.45) is 5.00. The molecule has 27 heavy (non-hydrogen) atoms. The molecule has 0 bridgehead atoms. The molecular formula is C21H21ClN4O. The number of carbonyl (C=O) groups is 1. The van der Waals surface area contributed by atoms with E-state index >= 15 is 0 Å². The summed E-state index contributed by atoms with van der Waals surface area (Å²) in [5.74, 6) is 0.245. The summed E-state index contributed by atoms with van der Waals surface area (Å²) < 4.78 is 0. The fourth-order valence-electron chi connectivity index (χ4n) is 2.61. The number of anilines is 2. The van der Waals surface area contributed by atoms with Gasteiger partial charge in [0, 0.05) is 29.6 Å². The first kappa shape index (κ1) is 18.9. The van der Waals surface area contributed by atoms with Crippen molar-refractivity contribution in [3.05, 3.63) is 82.6 Å². The van der Waals surface area contributed by atoms with Crippen LogP contribution in [0.2, 0.25) is 5.02 Å². The second-order valence-electron chi connectivity index (χ2n) is 6.18. The molecular weight excluding hydrogens is 360 g/mol. The largest absolute Gasteiger partial charge is 0.354 e. The lowest BCUT2D eigenvalue weighted by atomic mass is 10.1. The Morgan fingerprint density at radius 1 is 1.04 bits per heavy atom. The van der Waals surface area contributed by atoms with Crippen LogP contribution < -0.4 is 10.6 Å². The second kappa shape index (κ2) is 9.14. The zero-order chi connectivity index (χ0) is 19.1. The normalized spacial score (nSPS) is 10.4. The zero-order valence-electron chi connectivity index (χ0n) is 15.1. The van der Waals surface area contributed by atoms with E-state index in [0.29, 0.717) is 22.2 Å². The minimum atomic E-state index is -0.268. The Morgan fingerprint density at radius 2 is 1.78 bits per heavy atom. The number of nitrogens with zero attached hydrogens (tertiary/aromatic N) is 2. The highest BCUT2D eigenvalue weighted by Gasteiger charge is 2.10. The quantitative estimate of drug-likeness (QED) is 0.581. The average Bonchev–Trinajstić information content (AvgIpc) is 2.70. The van der Waals surface area contributed by atoms with Crippen molar-refractivity contribution in [2.24, 2.45) is 0 Å². The van der Waals surface area contributed by atoms with Gasteiger partial charge in [0.2, 0.25) is 5.95 Å². The summed E-state index contributed by atoms with van der Waals surface area (Å²) in [7, 11) is 0. The van der Waals surface area contributed by atoms with Gasteiger partial charge in [-0.2, -0.15) is 0 Å². The van der Waals surface area contributed by atoms with Crippen molar-refractivity contribution in [1.82, 2.24) is 9.97 Å².